The summed E-state index contributed by atoms with van der Waals surface area (Å²) in [5.74, 6) is -0.675. The Morgan fingerprint density at radius 1 is 1.38 bits per heavy atom. The summed E-state index contributed by atoms with van der Waals surface area (Å²) < 4.78 is 4.25. The Labute approximate surface area is 75.7 Å². The van der Waals surface area contributed by atoms with Gasteiger partial charge in [0.25, 0.3) is 0 Å². The van der Waals surface area contributed by atoms with E-state index in [0.29, 0.717) is 0 Å². The molecule has 0 aromatic carbocycles. The first-order valence-electron chi connectivity index (χ1n) is 3.17. The van der Waals surface area contributed by atoms with Crippen molar-refractivity contribution in [1.82, 2.24) is 5.32 Å². The van der Waals surface area contributed by atoms with Gasteiger partial charge < -0.3 is 10.1 Å². The maximum atomic E-state index is 10.3. The van der Waals surface area contributed by atoms with Crippen LogP contribution in [0.3, 0.4) is 0 Å². The molecule has 0 aromatic heterocycles. The topological polar surface area (TPSA) is 103 Å². The number of nitriles is 2. The maximum absolute atomic E-state index is 10.3. The summed E-state index contributed by atoms with van der Waals surface area (Å²) in [5.41, 5.74) is 0. The van der Waals surface area contributed by atoms with Gasteiger partial charge in [-0.05, 0) is 0 Å². The highest BCUT2D eigenvalue weighted by Crippen LogP contribution is 1.68. The number of esters is 1. The number of rotatable bonds is 2. The van der Waals surface area contributed by atoms with Gasteiger partial charge in [0.1, 0.15) is 6.54 Å². The van der Waals surface area contributed by atoms with Crippen molar-refractivity contribution in [2.24, 2.45) is 0 Å². The summed E-state index contributed by atoms with van der Waals surface area (Å²) in [6, 6.07) is 2.47. The van der Waals surface area contributed by atoms with E-state index in [-0.39, 0.29) is 12.5 Å². The van der Waals surface area contributed by atoms with Crippen LogP contribution in [0.15, 0.2) is 0 Å². The zero-order valence-corrected chi connectivity index (χ0v) is 7.33. The Hall–Kier alpha value is -2.08. The molecule has 0 aromatic rings. The number of carbonyl (C=O) groups is 2. The zero-order valence-electron chi connectivity index (χ0n) is 7.33. The van der Waals surface area contributed by atoms with Crippen molar-refractivity contribution in [2.75, 3.05) is 13.7 Å². The number of carbonyl (C=O) groups excluding carboxylic acids is 2. The van der Waals surface area contributed by atoms with E-state index < -0.39 is 5.97 Å². The molecule has 0 saturated heterocycles. The number of hydrogen-bond acceptors (Lipinski definition) is 5. The Kier molecular flexibility index (Phi) is 10.3. The summed E-state index contributed by atoms with van der Waals surface area (Å²) in [5, 5.41) is 16.8. The molecule has 0 aliphatic rings. The minimum absolute atomic E-state index is 0.0498. The fourth-order valence-electron chi connectivity index (χ4n) is 0.269. The molecule has 0 heterocycles. The van der Waals surface area contributed by atoms with Gasteiger partial charge in [0, 0.05) is 6.92 Å². The molecule has 6 heteroatoms. The zero-order chi connectivity index (χ0) is 10.7. The standard InChI is InChI=1S/C5H9NO3.C2N2/c1-4(7)6-3-5(8)9-2;3-1-2-4/h3H2,1-2H3,(H,6,7);. The normalized spacial score (nSPS) is 6.46. The van der Waals surface area contributed by atoms with Gasteiger partial charge in [-0.1, -0.05) is 0 Å². The average Bonchev–Trinajstić information content (AvgIpc) is 2.14. The molecule has 0 radical (unpaired) electrons. The molecule has 0 aliphatic carbocycles. The van der Waals surface area contributed by atoms with Crippen LogP contribution >= 0.6 is 0 Å². The number of nitrogens with zero attached hydrogens (tertiary/aromatic N) is 2. The van der Waals surface area contributed by atoms with E-state index in [9.17, 15) is 9.59 Å². The number of amides is 1. The molecule has 6 nitrogen and oxygen atoms in total. The van der Waals surface area contributed by atoms with Crippen molar-refractivity contribution in [3.05, 3.63) is 0 Å². The number of hydrogen-bond donors (Lipinski definition) is 1. The lowest BCUT2D eigenvalue weighted by molar-refractivity contribution is -0.140. The number of methoxy groups -OCH3 is 1. The van der Waals surface area contributed by atoms with E-state index in [1.54, 1.807) is 0 Å². The molecule has 0 aliphatic heterocycles. The third-order valence-corrected chi connectivity index (χ3v) is 0.759. The molecule has 0 unspecified atom stereocenters. The van der Waals surface area contributed by atoms with Crippen LogP contribution in [0.5, 0.6) is 0 Å². The SMILES string of the molecule is COC(=O)CNC(C)=O.N#CC#N. The van der Waals surface area contributed by atoms with Crippen LogP contribution in [0.4, 0.5) is 0 Å². The fraction of sp³-hybridized carbons (Fsp3) is 0.429. The molecular weight excluding hydrogens is 174 g/mol. The predicted molar refractivity (Wildman–Crippen MR) is 41.9 cm³/mol. The third kappa shape index (κ3) is 17.8. The second kappa shape index (κ2) is 9.92. The minimum Gasteiger partial charge on any atom is -0.468 e. The Morgan fingerprint density at radius 2 is 1.85 bits per heavy atom. The highest BCUT2D eigenvalue weighted by atomic mass is 16.5. The van der Waals surface area contributed by atoms with Crippen molar-refractivity contribution < 1.29 is 14.3 Å². The largest absolute Gasteiger partial charge is 0.468 e. The van der Waals surface area contributed by atoms with E-state index in [4.69, 9.17) is 10.5 Å². The molecule has 0 fully saturated rings. The third-order valence-electron chi connectivity index (χ3n) is 0.759. The van der Waals surface area contributed by atoms with Gasteiger partial charge in [-0.15, -0.1) is 0 Å². The lowest BCUT2D eigenvalue weighted by atomic mass is 10.6. The summed E-state index contributed by atoms with van der Waals surface area (Å²) >= 11 is 0. The average molecular weight is 183 g/mol. The van der Waals surface area contributed by atoms with Crippen LogP contribution in [0.1, 0.15) is 6.92 Å². The first-order chi connectivity index (χ1) is 6.08. The van der Waals surface area contributed by atoms with Crippen LogP contribution < -0.4 is 5.32 Å². The molecule has 0 bridgehead atoms. The maximum Gasteiger partial charge on any atom is 0.325 e. The first-order valence-corrected chi connectivity index (χ1v) is 3.17. The number of nitrogens with one attached hydrogen (secondary N) is 1. The molecule has 70 valence electrons. The van der Waals surface area contributed by atoms with Crippen LogP contribution in [-0.4, -0.2) is 25.5 Å². The lowest BCUT2D eigenvalue weighted by Gasteiger charge is -1.97. The predicted octanol–water partition coefficient (Wildman–Crippen LogP) is -0.671. The summed E-state index contributed by atoms with van der Waals surface area (Å²) in [4.78, 5) is 20.4. The summed E-state index contributed by atoms with van der Waals surface area (Å²) in [7, 11) is 1.27. The lowest BCUT2D eigenvalue weighted by Crippen LogP contribution is -2.27. The van der Waals surface area contributed by atoms with Gasteiger partial charge in [-0.2, -0.15) is 10.5 Å². The van der Waals surface area contributed by atoms with Crippen molar-refractivity contribution in [3.8, 4) is 12.1 Å². The summed E-state index contributed by atoms with van der Waals surface area (Å²) in [6.07, 6.45) is 0. The second-order valence-corrected chi connectivity index (χ2v) is 1.71. The van der Waals surface area contributed by atoms with E-state index in [1.807, 2.05) is 0 Å². The Morgan fingerprint density at radius 3 is 2.08 bits per heavy atom. The number of ether oxygens (including phenoxy) is 1. The summed E-state index contributed by atoms with van der Waals surface area (Å²) in [6.45, 7) is 1.29. The van der Waals surface area contributed by atoms with E-state index in [0.717, 1.165) is 0 Å². The van der Waals surface area contributed by atoms with Crippen molar-refractivity contribution in [3.63, 3.8) is 0 Å². The molecule has 1 N–H and O–H groups in total. The second-order valence-electron chi connectivity index (χ2n) is 1.71. The first kappa shape index (κ1) is 13.5. The molecule has 0 rings (SSSR count). The highest BCUT2D eigenvalue weighted by molar-refractivity contribution is 5.80. The molecule has 1 amide bonds. The van der Waals surface area contributed by atoms with Crippen LogP contribution in [0.25, 0.3) is 0 Å². The monoisotopic (exact) mass is 183 g/mol. The van der Waals surface area contributed by atoms with Gasteiger partial charge in [0.15, 0.2) is 12.1 Å². The van der Waals surface area contributed by atoms with Gasteiger partial charge in [0.05, 0.1) is 7.11 Å². The molecule has 0 spiro atoms. The highest BCUT2D eigenvalue weighted by Gasteiger charge is 1.98. The molecule has 13 heavy (non-hydrogen) atoms. The van der Waals surface area contributed by atoms with Crippen LogP contribution in [0.2, 0.25) is 0 Å². The van der Waals surface area contributed by atoms with Crippen molar-refractivity contribution >= 4 is 11.9 Å². The van der Waals surface area contributed by atoms with Gasteiger partial charge in [0.2, 0.25) is 5.91 Å². The Bertz CT molecular complexity index is 237. The van der Waals surface area contributed by atoms with Gasteiger partial charge >= 0.3 is 5.97 Å². The van der Waals surface area contributed by atoms with E-state index in [2.05, 4.69) is 10.1 Å². The fourth-order valence-corrected chi connectivity index (χ4v) is 0.269. The van der Waals surface area contributed by atoms with Crippen LogP contribution in [-0.2, 0) is 14.3 Å². The Balaban J connectivity index is 0. The van der Waals surface area contributed by atoms with Gasteiger partial charge in [-0.25, -0.2) is 0 Å². The molecule has 0 saturated carbocycles. The minimum atomic E-state index is -0.440. The van der Waals surface area contributed by atoms with Gasteiger partial charge in [-0.3, -0.25) is 9.59 Å². The molecular formula is C7H9N3O3. The molecule has 0 atom stereocenters. The van der Waals surface area contributed by atoms with E-state index in [1.165, 1.54) is 26.2 Å². The van der Waals surface area contributed by atoms with E-state index >= 15 is 0 Å². The van der Waals surface area contributed by atoms with Crippen molar-refractivity contribution in [2.45, 2.75) is 6.92 Å². The van der Waals surface area contributed by atoms with Crippen molar-refractivity contribution in [1.29, 1.82) is 10.5 Å². The van der Waals surface area contributed by atoms with Crippen LogP contribution in [0, 0.1) is 22.7 Å². The quantitative estimate of drug-likeness (QED) is 0.572. The smallest absolute Gasteiger partial charge is 0.325 e.